The predicted molar refractivity (Wildman–Crippen MR) is 86.6 cm³/mol. The van der Waals surface area contributed by atoms with Crippen molar-refractivity contribution in [3.8, 4) is 5.75 Å². The van der Waals surface area contributed by atoms with Crippen LogP contribution in [0.3, 0.4) is 0 Å². The van der Waals surface area contributed by atoms with E-state index in [4.69, 9.17) is 17.0 Å². The molecule has 1 heterocycles. The van der Waals surface area contributed by atoms with Crippen LogP contribution >= 0.6 is 12.2 Å². The zero-order valence-corrected chi connectivity index (χ0v) is 13.2. The highest BCUT2D eigenvalue weighted by atomic mass is 32.1. The lowest BCUT2D eigenvalue weighted by atomic mass is 10.2. The van der Waals surface area contributed by atoms with Crippen LogP contribution in [-0.4, -0.2) is 27.7 Å². The molecule has 0 saturated heterocycles. The summed E-state index contributed by atoms with van der Waals surface area (Å²) >= 11 is 5.21. The molecule has 2 rings (SSSR count). The van der Waals surface area contributed by atoms with Gasteiger partial charge in [-0.1, -0.05) is 26.0 Å². The van der Waals surface area contributed by atoms with E-state index in [-0.39, 0.29) is 0 Å². The number of para-hydroxylation sites is 1. The van der Waals surface area contributed by atoms with Gasteiger partial charge >= 0.3 is 0 Å². The smallest absolute Gasteiger partial charge is 0.216 e. The minimum absolute atomic E-state index is 0.502. The molecule has 0 spiro atoms. The number of benzene rings is 1. The molecule has 21 heavy (non-hydrogen) atoms. The maximum absolute atomic E-state index is 5.71. The summed E-state index contributed by atoms with van der Waals surface area (Å²) in [4.78, 5) is 0. The first-order valence-corrected chi connectivity index (χ1v) is 7.59. The summed E-state index contributed by atoms with van der Waals surface area (Å²) in [6.45, 7) is 4.87. The van der Waals surface area contributed by atoms with E-state index in [0.29, 0.717) is 11.4 Å². The van der Waals surface area contributed by atoms with Crippen LogP contribution in [0.4, 0.5) is 0 Å². The molecule has 0 bridgehead atoms. The Morgan fingerprint density at radius 2 is 2.14 bits per heavy atom. The first kappa shape index (κ1) is 15.4. The first-order chi connectivity index (χ1) is 10.3. The van der Waals surface area contributed by atoms with Crippen LogP contribution in [0.15, 0.2) is 29.4 Å². The molecule has 2 aromatic rings. The summed E-state index contributed by atoms with van der Waals surface area (Å²) in [6, 6.07) is 7.83. The molecular weight excluding hydrogens is 284 g/mol. The van der Waals surface area contributed by atoms with Crippen LogP contribution in [0, 0.1) is 4.77 Å². The third-order valence-corrected chi connectivity index (χ3v) is 3.15. The highest BCUT2D eigenvalue weighted by Crippen LogP contribution is 2.16. The summed E-state index contributed by atoms with van der Waals surface area (Å²) < 4.78 is 7.88. The summed E-state index contributed by atoms with van der Waals surface area (Å²) in [5, 5.41) is 11.4. The average Bonchev–Trinajstić information content (AvgIpc) is 2.85. The largest absolute Gasteiger partial charge is 0.493 e. The van der Waals surface area contributed by atoms with Gasteiger partial charge in [-0.2, -0.15) is 14.9 Å². The van der Waals surface area contributed by atoms with Gasteiger partial charge in [-0.15, -0.1) is 0 Å². The Kier molecular flexibility index (Phi) is 5.68. The molecule has 112 valence electrons. The molecule has 1 aromatic heterocycles. The Morgan fingerprint density at radius 1 is 1.33 bits per heavy atom. The van der Waals surface area contributed by atoms with E-state index in [1.165, 1.54) is 0 Å². The summed E-state index contributed by atoms with van der Waals surface area (Å²) in [6.07, 6.45) is 4.55. The molecule has 0 fully saturated rings. The number of nitrogens with zero attached hydrogens (tertiary/aromatic N) is 3. The van der Waals surface area contributed by atoms with Crippen molar-refractivity contribution < 1.29 is 4.74 Å². The van der Waals surface area contributed by atoms with E-state index in [1.807, 2.05) is 24.3 Å². The lowest BCUT2D eigenvalue weighted by Gasteiger charge is -2.07. The Bertz CT molecular complexity index is 660. The molecule has 0 aliphatic heterocycles. The van der Waals surface area contributed by atoms with Crippen molar-refractivity contribution in [3.63, 3.8) is 0 Å². The fourth-order valence-electron chi connectivity index (χ4n) is 1.88. The number of aryl methyl sites for hydroxylation is 1. The number of H-pyrrole nitrogens is 1. The highest BCUT2D eigenvalue weighted by molar-refractivity contribution is 7.71. The number of rotatable bonds is 7. The fourth-order valence-corrected chi connectivity index (χ4v) is 2.08. The normalized spacial score (nSPS) is 11.1. The summed E-state index contributed by atoms with van der Waals surface area (Å²) in [7, 11) is 0. The van der Waals surface area contributed by atoms with Gasteiger partial charge in [0.25, 0.3) is 0 Å². The van der Waals surface area contributed by atoms with Crippen LogP contribution in [0.2, 0.25) is 0 Å². The van der Waals surface area contributed by atoms with Crippen LogP contribution in [0.1, 0.15) is 38.1 Å². The Morgan fingerprint density at radius 3 is 2.90 bits per heavy atom. The van der Waals surface area contributed by atoms with Crippen molar-refractivity contribution in [2.45, 2.75) is 33.1 Å². The first-order valence-electron chi connectivity index (χ1n) is 7.18. The SMILES string of the molecule is CCCOc1ccccc1/C=N\n1c(CCC)n[nH]c1=S. The van der Waals surface area contributed by atoms with Crippen molar-refractivity contribution in [2.75, 3.05) is 6.61 Å². The van der Waals surface area contributed by atoms with Crippen molar-refractivity contribution >= 4 is 18.4 Å². The second-order valence-corrected chi connectivity index (χ2v) is 5.02. The van der Waals surface area contributed by atoms with Crippen molar-refractivity contribution in [1.29, 1.82) is 0 Å². The number of hydrogen-bond donors (Lipinski definition) is 1. The van der Waals surface area contributed by atoms with E-state index >= 15 is 0 Å². The molecule has 6 heteroatoms. The average molecular weight is 304 g/mol. The van der Waals surface area contributed by atoms with Crippen molar-refractivity contribution in [1.82, 2.24) is 14.9 Å². The Balaban J connectivity index is 2.25. The van der Waals surface area contributed by atoms with Crippen LogP contribution in [0.5, 0.6) is 5.75 Å². The molecule has 0 radical (unpaired) electrons. The van der Waals surface area contributed by atoms with Gasteiger partial charge in [0.15, 0.2) is 5.82 Å². The van der Waals surface area contributed by atoms with Gasteiger partial charge < -0.3 is 4.74 Å². The van der Waals surface area contributed by atoms with E-state index in [9.17, 15) is 0 Å². The fraction of sp³-hybridized carbons (Fsp3) is 0.400. The maximum atomic E-state index is 5.71. The van der Waals surface area contributed by atoms with Crippen molar-refractivity contribution in [2.24, 2.45) is 5.10 Å². The standard InChI is InChI=1S/C15H20N4OS/c1-3-7-14-17-18-15(21)19(14)16-11-12-8-5-6-9-13(12)20-10-4-2/h5-6,8-9,11H,3-4,7,10H2,1-2H3,(H,18,21)/b16-11-. The Hall–Kier alpha value is -1.95. The second-order valence-electron chi connectivity index (χ2n) is 4.64. The van der Waals surface area contributed by atoms with E-state index in [2.05, 4.69) is 29.1 Å². The minimum Gasteiger partial charge on any atom is -0.493 e. The molecule has 1 N–H and O–H groups in total. The molecule has 0 unspecified atom stereocenters. The van der Waals surface area contributed by atoms with Crippen LogP contribution < -0.4 is 4.74 Å². The molecule has 0 amide bonds. The lowest BCUT2D eigenvalue weighted by Crippen LogP contribution is -2.01. The maximum Gasteiger partial charge on any atom is 0.216 e. The lowest BCUT2D eigenvalue weighted by molar-refractivity contribution is 0.317. The quantitative estimate of drug-likeness (QED) is 0.628. The topological polar surface area (TPSA) is 55.2 Å². The van der Waals surface area contributed by atoms with E-state index < -0.39 is 0 Å². The van der Waals surface area contributed by atoms with Crippen molar-refractivity contribution in [3.05, 3.63) is 40.4 Å². The van der Waals surface area contributed by atoms with Gasteiger partial charge in [0.1, 0.15) is 5.75 Å². The van der Waals surface area contributed by atoms with E-state index in [1.54, 1.807) is 10.9 Å². The van der Waals surface area contributed by atoms with Gasteiger partial charge in [-0.25, -0.2) is 0 Å². The minimum atomic E-state index is 0.502. The third kappa shape index (κ3) is 4.01. The Labute approximate surface area is 129 Å². The predicted octanol–water partition coefficient (Wildman–Crippen LogP) is 3.56. The zero-order valence-electron chi connectivity index (χ0n) is 12.4. The number of aromatic amines is 1. The third-order valence-electron chi connectivity index (χ3n) is 2.88. The second kappa shape index (κ2) is 7.73. The van der Waals surface area contributed by atoms with Gasteiger partial charge in [0.2, 0.25) is 4.77 Å². The monoisotopic (exact) mass is 304 g/mol. The molecule has 0 aliphatic rings. The molecule has 0 aliphatic carbocycles. The number of nitrogens with one attached hydrogen (secondary N) is 1. The summed E-state index contributed by atoms with van der Waals surface area (Å²) in [5.41, 5.74) is 0.927. The van der Waals surface area contributed by atoms with Gasteiger partial charge in [-0.3, -0.25) is 5.10 Å². The van der Waals surface area contributed by atoms with Crippen LogP contribution in [0.25, 0.3) is 0 Å². The van der Waals surface area contributed by atoms with Gasteiger partial charge in [0, 0.05) is 12.0 Å². The molecule has 0 atom stereocenters. The number of hydrogen-bond acceptors (Lipinski definition) is 4. The highest BCUT2D eigenvalue weighted by Gasteiger charge is 2.04. The molecular formula is C15H20N4OS. The molecule has 1 aromatic carbocycles. The van der Waals surface area contributed by atoms with Gasteiger partial charge in [0.05, 0.1) is 12.8 Å². The number of aromatic nitrogens is 3. The summed E-state index contributed by atoms with van der Waals surface area (Å²) in [5.74, 6) is 1.67. The van der Waals surface area contributed by atoms with E-state index in [0.717, 1.165) is 36.4 Å². The van der Waals surface area contributed by atoms with Gasteiger partial charge in [-0.05, 0) is 37.2 Å². The molecule has 5 nitrogen and oxygen atoms in total. The van der Waals surface area contributed by atoms with Crippen LogP contribution in [-0.2, 0) is 6.42 Å². The zero-order chi connectivity index (χ0) is 15.1. The number of ether oxygens (including phenoxy) is 1. The molecule has 0 saturated carbocycles.